The second-order valence-corrected chi connectivity index (χ2v) is 4.15. The van der Waals surface area contributed by atoms with Crippen LogP contribution in [0.3, 0.4) is 0 Å². The lowest BCUT2D eigenvalue weighted by atomic mass is 9.95. The van der Waals surface area contributed by atoms with E-state index in [2.05, 4.69) is 10.1 Å². The van der Waals surface area contributed by atoms with Gasteiger partial charge < -0.3 is 10.1 Å². The van der Waals surface area contributed by atoms with Crippen molar-refractivity contribution in [2.75, 3.05) is 19.1 Å². The molecule has 0 saturated carbocycles. The van der Waals surface area contributed by atoms with E-state index in [-0.39, 0.29) is 18.9 Å². The summed E-state index contributed by atoms with van der Waals surface area (Å²) in [6.07, 6.45) is -0.954. The van der Waals surface area contributed by atoms with Crippen LogP contribution in [0.2, 0.25) is 0 Å². The molecule has 17 heavy (non-hydrogen) atoms. The summed E-state index contributed by atoms with van der Waals surface area (Å²) >= 11 is 5.83. The highest BCUT2D eigenvalue weighted by molar-refractivity contribution is 6.18. The average molecular weight is 272 g/mol. The minimum Gasteiger partial charge on any atom is -0.375 e. The number of alkyl halides is 3. The molecule has 0 atom stereocenters. The third-order valence-electron chi connectivity index (χ3n) is 2.73. The first-order chi connectivity index (χ1) is 7.99. The van der Waals surface area contributed by atoms with Crippen molar-refractivity contribution in [3.8, 4) is 0 Å². The SMILES string of the molecule is CCC(CC)(CCl)NC(=O)CCOCC(F)F. The number of carbonyl (C=O) groups is 1. The summed E-state index contributed by atoms with van der Waals surface area (Å²) in [4.78, 5) is 11.5. The van der Waals surface area contributed by atoms with E-state index in [1.165, 1.54) is 0 Å². The summed E-state index contributed by atoms with van der Waals surface area (Å²) in [5, 5.41) is 2.83. The Morgan fingerprint density at radius 1 is 1.41 bits per heavy atom. The van der Waals surface area contributed by atoms with E-state index in [1.807, 2.05) is 13.8 Å². The van der Waals surface area contributed by atoms with Crippen LogP contribution in [0.4, 0.5) is 8.78 Å². The molecule has 0 aromatic heterocycles. The molecule has 0 saturated heterocycles. The third-order valence-corrected chi connectivity index (χ3v) is 3.24. The second kappa shape index (κ2) is 8.64. The number of amides is 1. The molecule has 0 bridgehead atoms. The number of ether oxygens (including phenoxy) is 1. The largest absolute Gasteiger partial charge is 0.375 e. The van der Waals surface area contributed by atoms with Crippen molar-refractivity contribution >= 4 is 17.5 Å². The van der Waals surface area contributed by atoms with Crippen molar-refractivity contribution in [2.45, 2.75) is 45.1 Å². The number of hydrogen-bond donors (Lipinski definition) is 1. The van der Waals surface area contributed by atoms with Crippen LogP contribution in [0.1, 0.15) is 33.1 Å². The zero-order chi connectivity index (χ0) is 13.3. The van der Waals surface area contributed by atoms with Gasteiger partial charge in [-0.2, -0.15) is 0 Å². The van der Waals surface area contributed by atoms with Crippen LogP contribution in [0.25, 0.3) is 0 Å². The summed E-state index contributed by atoms with van der Waals surface area (Å²) in [6, 6.07) is 0. The van der Waals surface area contributed by atoms with Crippen LogP contribution in [0.15, 0.2) is 0 Å². The van der Waals surface area contributed by atoms with E-state index in [1.54, 1.807) is 0 Å². The smallest absolute Gasteiger partial charge is 0.261 e. The maximum Gasteiger partial charge on any atom is 0.261 e. The molecule has 3 nitrogen and oxygen atoms in total. The maximum atomic E-state index is 11.8. The fraction of sp³-hybridized carbons (Fsp3) is 0.909. The first-order valence-corrected chi connectivity index (χ1v) is 6.26. The van der Waals surface area contributed by atoms with Crippen LogP contribution in [-0.2, 0) is 9.53 Å². The predicted octanol–water partition coefficient (Wildman–Crippen LogP) is 2.57. The molecule has 0 unspecified atom stereocenters. The standard InChI is InChI=1S/C11H20ClF2NO2/c1-3-11(4-2,8-12)15-10(16)5-6-17-7-9(13)14/h9H,3-8H2,1-2H3,(H,15,16). The van der Waals surface area contributed by atoms with Crippen molar-refractivity contribution in [2.24, 2.45) is 0 Å². The van der Waals surface area contributed by atoms with E-state index in [0.29, 0.717) is 5.88 Å². The van der Waals surface area contributed by atoms with Crippen LogP contribution in [0.5, 0.6) is 0 Å². The van der Waals surface area contributed by atoms with Gasteiger partial charge in [-0.25, -0.2) is 8.78 Å². The van der Waals surface area contributed by atoms with Crippen molar-refractivity contribution in [3.63, 3.8) is 0 Å². The van der Waals surface area contributed by atoms with E-state index < -0.39 is 18.6 Å². The van der Waals surface area contributed by atoms with Crippen LogP contribution in [-0.4, -0.2) is 37.0 Å². The van der Waals surface area contributed by atoms with Gasteiger partial charge in [-0.1, -0.05) is 13.8 Å². The van der Waals surface area contributed by atoms with Crippen molar-refractivity contribution in [1.82, 2.24) is 5.32 Å². The lowest BCUT2D eigenvalue weighted by Crippen LogP contribution is -2.49. The number of carbonyl (C=O) groups excluding carboxylic acids is 1. The van der Waals surface area contributed by atoms with E-state index in [0.717, 1.165) is 12.8 Å². The van der Waals surface area contributed by atoms with Gasteiger partial charge in [0.2, 0.25) is 5.91 Å². The number of nitrogens with one attached hydrogen (secondary N) is 1. The molecule has 0 rings (SSSR count). The van der Waals surface area contributed by atoms with Gasteiger partial charge in [-0.3, -0.25) is 4.79 Å². The highest BCUT2D eigenvalue weighted by Crippen LogP contribution is 2.17. The Kier molecular flexibility index (Phi) is 8.43. The van der Waals surface area contributed by atoms with Gasteiger partial charge in [0.15, 0.2) is 0 Å². The Balaban J connectivity index is 3.91. The molecule has 0 aromatic carbocycles. The monoisotopic (exact) mass is 271 g/mol. The quantitative estimate of drug-likeness (QED) is 0.517. The van der Waals surface area contributed by atoms with E-state index in [4.69, 9.17) is 11.6 Å². The molecular weight excluding hydrogens is 252 g/mol. The van der Waals surface area contributed by atoms with Crippen LogP contribution in [0, 0.1) is 0 Å². The summed E-state index contributed by atoms with van der Waals surface area (Å²) < 4.78 is 28.1. The zero-order valence-electron chi connectivity index (χ0n) is 10.3. The molecule has 1 amide bonds. The minimum atomic E-state index is -2.49. The molecular formula is C11H20ClF2NO2. The minimum absolute atomic E-state index is 0.00195. The van der Waals surface area contributed by atoms with Gasteiger partial charge in [0.1, 0.15) is 6.61 Å². The Labute approximate surface area is 106 Å². The summed E-state index contributed by atoms with van der Waals surface area (Å²) in [6.45, 7) is 3.26. The third kappa shape index (κ3) is 6.78. The van der Waals surface area contributed by atoms with Gasteiger partial charge in [0.05, 0.1) is 12.1 Å². The van der Waals surface area contributed by atoms with Gasteiger partial charge in [0, 0.05) is 12.3 Å². The normalized spacial score (nSPS) is 11.9. The Hall–Kier alpha value is -0.420. The molecule has 0 radical (unpaired) electrons. The molecule has 102 valence electrons. The molecule has 0 aliphatic heterocycles. The van der Waals surface area contributed by atoms with Gasteiger partial charge in [-0.15, -0.1) is 11.6 Å². The lowest BCUT2D eigenvalue weighted by molar-refractivity contribution is -0.124. The van der Waals surface area contributed by atoms with E-state index in [9.17, 15) is 13.6 Å². The topological polar surface area (TPSA) is 38.3 Å². The van der Waals surface area contributed by atoms with Gasteiger partial charge in [0.25, 0.3) is 6.43 Å². The fourth-order valence-corrected chi connectivity index (χ4v) is 1.79. The number of hydrogen-bond acceptors (Lipinski definition) is 2. The van der Waals surface area contributed by atoms with Gasteiger partial charge >= 0.3 is 0 Å². The van der Waals surface area contributed by atoms with Crippen molar-refractivity contribution < 1.29 is 18.3 Å². The molecule has 1 N–H and O–H groups in total. The summed E-state index contributed by atoms with van der Waals surface area (Å²) in [7, 11) is 0. The summed E-state index contributed by atoms with van der Waals surface area (Å²) in [5.41, 5.74) is -0.401. The molecule has 0 heterocycles. The number of halogens is 3. The Morgan fingerprint density at radius 3 is 2.41 bits per heavy atom. The first kappa shape index (κ1) is 16.6. The van der Waals surface area contributed by atoms with Gasteiger partial charge in [-0.05, 0) is 12.8 Å². The average Bonchev–Trinajstić information content (AvgIpc) is 2.32. The predicted molar refractivity (Wildman–Crippen MR) is 63.6 cm³/mol. The maximum absolute atomic E-state index is 11.8. The van der Waals surface area contributed by atoms with Crippen molar-refractivity contribution in [3.05, 3.63) is 0 Å². The zero-order valence-corrected chi connectivity index (χ0v) is 11.0. The fourth-order valence-electron chi connectivity index (χ4n) is 1.34. The lowest BCUT2D eigenvalue weighted by Gasteiger charge is -2.30. The van der Waals surface area contributed by atoms with Crippen LogP contribution < -0.4 is 5.32 Å². The highest BCUT2D eigenvalue weighted by atomic mass is 35.5. The number of rotatable bonds is 9. The molecule has 0 aliphatic carbocycles. The first-order valence-electron chi connectivity index (χ1n) is 5.72. The van der Waals surface area contributed by atoms with E-state index >= 15 is 0 Å². The Bertz CT molecular complexity index is 215. The molecule has 6 heteroatoms. The second-order valence-electron chi connectivity index (χ2n) is 3.89. The van der Waals surface area contributed by atoms with Crippen LogP contribution >= 0.6 is 11.6 Å². The molecule has 0 spiro atoms. The molecule has 0 aliphatic rings. The highest BCUT2D eigenvalue weighted by Gasteiger charge is 2.26. The summed E-state index contributed by atoms with van der Waals surface area (Å²) in [5.74, 6) is 0.118. The van der Waals surface area contributed by atoms with Crippen molar-refractivity contribution in [1.29, 1.82) is 0 Å². The molecule has 0 aromatic rings. The Morgan fingerprint density at radius 2 is 2.00 bits per heavy atom. The molecule has 0 fully saturated rings.